The van der Waals surface area contributed by atoms with E-state index in [1.165, 1.54) is 10.9 Å². The maximum absolute atomic E-state index is 13.3. The van der Waals surface area contributed by atoms with Gasteiger partial charge < -0.3 is 14.8 Å². The van der Waals surface area contributed by atoms with Crippen molar-refractivity contribution in [3.8, 4) is 0 Å². The summed E-state index contributed by atoms with van der Waals surface area (Å²) in [4.78, 5) is 7.67. The third-order valence-electron chi connectivity index (χ3n) is 6.12. The van der Waals surface area contributed by atoms with Crippen molar-refractivity contribution in [2.45, 2.75) is 51.7 Å². The number of ether oxygens (including phenoxy) is 1. The van der Waals surface area contributed by atoms with Crippen LogP contribution in [0.25, 0.3) is 10.9 Å². The summed E-state index contributed by atoms with van der Waals surface area (Å²) in [5.74, 6) is 0.474. The Hall–Kier alpha value is -1.18. The minimum Gasteiger partial charge on any atom is -0.357 e. The van der Waals surface area contributed by atoms with Crippen LogP contribution in [0.2, 0.25) is 5.02 Å². The van der Waals surface area contributed by atoms with Crippen LogP contribution in [0.5, 0.6) is 0 Å². The number of aromatic amines is 1. The van der Waals surface area contributed by atoms with Crippen LogP contribution in [0.3, 0.4) is 0 Å². The quantitative estimate of drug-likeness (QED) is 0.658. The molecule has 3 heterocycles. The summed E-state index contributed by atoms with van der Waals surface area (Å²) in [6.07, 6.45) is 0.652. The van der Waals surface area contributed by atoms with E-state index in [1.807, 2.05) is 23.1 Å². The van der Waals surface area contributed by atoms with Gasteiger partial charge in [-0.2, -0.15) is 0 Å². The number of benzene rings is 1. The molecule has 0 aliphatic carbocycles. The van der Waals surface area contributed by atoms with Gasteiger partial charge in [0.15, 0.2) is 0 Å². The lowest BCUT2D eigenvalue weighted by Gasteiger charge is -2.39. The number of aromatic nitrogens is 1. The molecule has 2 aromatic rings. The lowest BCUT2D eigenvalue weighted by atomic mass is 9.92. The second-order valence-corrected chi connectivity index (χ2v) is 9.16. The average molecular weight is 424 g/mol. The van der Waals surface area contributed by atoms with E-state index >= 15 is 0 Å². The van der Waals surface area contributed by atoms with E-state index in [2.05, 4.69) is 23.7 Å². The van der Waals surface area contributed by atoms with Crippen molar-refractivity contribution >= 4 is 22.5 Å². The molecule has 7 heteroatoms. The summed E-state index contributed by atoms with van der Waals surface area (Å²) in [5, 5.41) is 12.7. The summed E-state index contributed by atoms with van der Waals surface area (Å²) < 4.78 is 19.1. The van der Waals surface area contributed by atoms with Gasteiger partial charge in [-0.15, -0.1) is 0 Å². The molecule has 2 aliphatic rings. The number of halogens is 2. The number of alkyl halides is 1. The van der Waals surface area contributed by atoms with Crippen molar-refractivity contribution in [2.75, 3.05) is 32.8 Å². The van der Waals surface area contributed by atoms with E-state index in [-0.39, 0.29) is 6.04 Å². The van der Waals surface area contributed by atoms with E-state index in [0.29, 0.717) is 32.0 Å². The van der Waals surface area contributed by atoms with Crippen LogP contribution in [0, 0.1) is 5.92 Å². The smallest absolute Gasteiger partial charge is 0.216 e. The number of hydrogen-bond donors (Lipinski definition) is 2. The number of hydrogen-bond acceptors (Lipinski definition) is 4. The monoisotopic (exact) mass is 423 g/mol. The van der Waals surface area contributed by atoms with Crippen LogP contribution in [0.4, 0.5) is 4.39 Å². The molecule has 0 spiro atoms. The highest BCUT2D eigenvalue weighted by atomic mass is 35.5. The van der Waals surface area contributed by atoms with E-state index in [0.717, 1.165) is 42.2 Å². The van der Waals surface area contributed by atoms with Crippen molar-refractivity contribution in [2.24, 2.45) is 5.92 Å². The number of fused-ring (bicyclic) bond motifs is 3. The molecule has 1 aromatic carbocycles. The van der Waals surface area contributed by atoms with Gasteiger partial charge in [-0.3, -0.25) is 4.90 Å². The summed E-state index contributed by atoms with van der Waals surface area (Å²) in [6, 6.07) is 6.00. The topological polar surface area (TPSA) is 51.7 Å². The highest BCUT2D eigenvalue weighted by molar-refractivity contribution is 6.31. The Balaban J connectivity index is 1.48. The molecule has 0 saturated carbocycles. The fourth-order valence-corrected chi connectivity index (χ4v) is 4.86. The number of aliphatic hydroxyl groups is 1. The number of likely N-dealkylation sites (tertiary alicyclic amines) is 1. The van der Waals surface area contributed by atoms with Gasteiger partial charge in [0.05, 0.1) is 12.6 Å². The Morgan fingerprint density at radius 2 is 2.17 bits per heavy atom. The van der Waals surface area contributed by atoms with E-state index < -0.39 is 12.6 Å². The number of nitrogens with one attached hydrogen (secondary N) is 1. The number of H-pyrrole nitrogens is 1. The van der Waals surface area contributed by atoms with Crippen molar-refractivity contribution in [1.82, 2.24) is 14.8 Å². The molecule has 29 heavy (non-hydrogen) atoms. The van der Waals surface area contributed by atoms with Gasteiger partial charge in [0.1, 0.15) is 6.17 Å². The summed E-state index contributed by atoms with van der Waals surface area (Å²) in [5.41, 5.74) is 3.53. The zero-order chi connectivity index (χ0) is 20.5. The highest BCUT2D eigenvalue weighted by Gasteiger charge is 2.35. The van der Waals surface area contributed by atoms with Crippen LogP contribution in [-0.4, -0.2) is 65.3 Å². The number of rotatable bonds is 7. The van der Waals surface area contributed by atoms with E-state index in [1.54, 1.807) is 0 Å². The first kappa shape index (κ1) is 21.1. The molecule has 1 fully saturated rings. The zero-order valence-electron chi connectivity index (χ0n) is 17.2. The largest absolute Gasteiger partial charge is 0.357 e. The second-order valence-electron chi connectivity index (χ2n) is 8.72. The predicted octanol–water partition coefficient (Wildman–Crippen LogP) is 4.10. The van der Waals surface area contributed by atoms with Gasteiger partial charge in [0.2, 0.25) is 6.41 Å². The summed E-state index contributed by atoms with van der Waals surface area (Å²) in [6.45, 7) is 7.40. The molecule has 160 valence electrons. The molecule has 2 N–H and O–H groups in total. The Morgan fingerprint density at radius 1 is 1.34 bits per heavy atom. The van der Waals surface area contributed by atoms with E-state index in [9.17, 15) is 9.50 Å². The van der Waals surface area contributed by atoms with Crippen LogP contribution < -0.4 is 0 Å². The van der Waals surface area contributed by atoms with Crippen LogP contribution in [0.1, 0.15) is 44.0 Å². The molecular weight excluding hydrogens is 393 g/mol. The van der Waals surface area contributed by atoms with Gasteiger partial charge in [-0.05, 0) is 48.9 Å². The fourth-order valence-electron chi connectivity index (χ4n) is 4.69. The third kappa shape index (κ3) is 4.62. The zero-order valence-corrected chi connectivity index (χ0v) is 18.0. The van der Waals surface area contributed by atoms with Gasteiger partial charge in [-0.1, -0.05) is 25.4 Å². The maximum Gasteiger partial charge on any atom is 0.216 e. The fraction of sp³-hybridized carbons (Fsp3) is 0.636. The van der Waals surface area contributed by atoms with Gasteiger partial charge in [0, 0.05) is 47.8 Å². The molecule has 4 rings (SSSR count). The number of aliphatic hydroxyl groups excluding tert-OH is 1. The lowest BCUT2D eigenvalue weighted by molar-refractivity contribution is -0.211. The average Bonchev–Trinajstić information content (AvgIpc) is 3.25. The molecular formula is C22H31ClFN3O2. The number of nitrogens with zero attached hydrogens (tertiary/aromatic N) is 2. The first-order valence-corrected chi connectivity index (χ1v) is 11.0. The van der Waals surface area contributed by atoms with Gasteiger partial charge in [-0.25, -0.2) is 9.29 Å². The lowest BCUT2D eigenvalue weighted by Crippen LogP contribution is -2.45. The van der Waals surface area contributed by atoms with Crippen molar-refractivity contribution in [1.29, 1.82) is 0 Å². The minimum absolute atomic E-state index is 0.0573. The first-order valence-electron chi connectivity index (χ1n) is 10.6. The first-order chi connectivity index (χ1) is 13.9. The Bertz CT molecular complexity index is 843. The minimum atomic E-state index is -0.967. The molecule has 0 bridgehead atoms. The molecule has 0 amide bonds. The van der Waals surface area contributed by atoms with Gasteiger partial charge >= 0.3 is 0 Å². The van der Waals surface area contributed by atoms with Crippen LogP contribution >= 0.6 is 11.6 Å². The predicted molar refractivity (Wildman–Crippen MR) is 114 cm³/mol. The standard InChI is InChI=1S/C22H31ClFN3O2/c1-14(2)11-20-21-17(18-12-15(23)3-4-19(18)25-21)6-8-27(20)22(28)29-10-9-26-7-5-16(24)13-26/h3-4,12,14,16,20,22,25,28H,5-11,13H2,1-2H3/t16-,20-,22?/m0/s1. The third-order valence-corrected chi connectivity index (χ3v) is 6.36. The van der Waals surface area contributed by atoms with Crippen LogP contribution in [-0.2, 0) is 11.2 Å². The normalized spacial score (nSPS) is 24.5. The molecule has 2 aliphatic heterocycles. The summed E-state index contributed by atoms with van der Waals surface area (Å²) >= 11 is 6.23. The highest BCUT2D eigenvalue weighted by Crippen LogP contribution is 2.39. The molecule has 1 saturated heterocycles. The molecule has 0 radical (unpaired) electrons. The van der Waals surface area contributed by atoms with Crippen molar-refractivity contribution in [3.63, 3.8) is 0 Å². The molecule has 1 aromatic heterocycles. The Kier molecular flexibility index (Phi) is 6.47. The second kappa shape index (κ2) is 8.90. The van der Waals surface area contributed by atoms with Crippen LogP contribution in [0.15, 0.2) is 18.2 Å². The van der Waals surface area contributed by atoms with E-state index in [4.69, 9.17) is 16.3 Å². The molecule has 3 atom stereocenters. The van der Waals surface area contributed by atoms with Crippen molar-refractivity contribution in [3.05, 3.63) is 34.5 Å². The van der Waals surface area contributed by atoms with Crippen molar-refractivity contribution < 1.29 is 14.2 Å². The molecule has 1 unspecified atom stereocenters. The Labute approximate surface area is 176 Å². The summed E-state index contributed by atoms with van der Waals surface area (Å²) in [7, 11) is 0. The van der Waals surface area contributed by atoms with Gasteiger partial charge in [0.25, 0.3) is 0 Å². The Morgan fingerprint density at radius 3 is 2.90 bits per heavy atom. The molecule has 5 nitrogen and oxygen atoms in total. The SMILES string of the molecule is CC(C)C[C@H]1c2[nH]c3ccc(Cl)cc3c2CCN1C(O)OCCN1CC[C@H](F)C1. The maximum atomic E-state index is 13.3.